The third-order valence-corrected chi connectivity index (χ3v) is 2.29. The molecule has 1 aromatic heterocycles. The Morgan fingerprint density at radius 1 is 1.71 bits per heavy atom. The van der Waals surface area contributed by atoms with Crippen molar-refractivity contribution >= 4 is 5.91 Å². The van der Waals surface area contributed by atoms with E-state index >= 15 is 0 Å². The number of hydrogen-bond donors (Lipinski definition) is 2. The van der Waals surface area contributed by atoms with Gasteiger partial charge in [-0.25, -0.2) is 0 Å². The van der Waals surface area contributed by atoms with Gasteiger partial charge in [0.05, 0.1) is 6.20 Å². The second-order valence-electron chi connectivity index (χ2n) is 3.46. The molecule has 1 atom stereocenters. The van der Waals surface area contributed by atoms with Crippen LogP contribution in [-0.4, -0.2) is 51.9 Å². The third kappa shape index (κ3) is 1.74. The number of amides is 1. The van der Waals surface area contributed by atoms with E-state index in [2.05, 4.69) is 27.7 Å². The van der Waals surface area contributed by atoms with Crippen LogP contribution < -0.4 is 5.32 Å². The van der Waals surface area contributed by atoms with E-state index in [1.165, 1.54) is 6.20 Å². The van der Waals surface area contributed by atoms with Gasteiger partial charge in [-0.2, -0.15) is 15.4 Å². The maximum absolute atomic E-state index is 11.8. The summed E-state index contributed by atoms with van der Waals surface area (Å²) in [5.41, 5.74) is 0.388. The standard InChI is InChI=1S/C8H13N5O/c1-6-5-13(3-2-9-6)8(14)7-4-10-12-11-7/h4,6,9H,2-3,5H2,1H3,(H,10,11,12). The molecule has 1 aromatic rings. The van der Waals surface area contributed by atoms with Crippen LogP contribution in [0.25, 0.3) is 0 Å². The smallest absolute Gasteiger partial charge is 0.276 e. The first-order valence-electron chi connectivity index (χ1n) is 4.66. The van der Waals surface area contributed by atoms with Crippen molar-refractivity contribution in [3.05, 3.63) is 11.9 Å². The van der Waals surface area contributed by atoms with Crippen molar-refractivity contribution in [2.45, 2.75) is 13.0 Å². The third-order valence-electron chi connectivity index (χ3n) is 2.29. The topological polar surface area (TPSA) is 73.9 Å². The highest BCUT2D eigenvalue weighted by atomic mass is 16.2. The molecule has 2 rings (SSSR count). The minimum atomic E-state index is -0.0490. The van der Waals surface area contributed by atoms with Crippen LogP contribution in [0.2, 0.25) is 0 Å². The van der Waals surface area contributed by atoms with Crippen LogP contribution in [0.1, 0.15) is 17.4 Å². The highest BCUT2D eigenvalue weighted by Crippen LogP contribution is 2.03. The summed E-state index contributed by atoms with van der Waals surface area (Å²) in [6.45, 7) is 4.36. The summed E-state index contributed by atoms with van der Waals surface area (Å²) in [6.07, 6.45) is 1.45. The average Bonchev–Trinajstić information content (AvgIpc) is 2.69. The van der Waals surface area contributed by atoms with Gasteiger partial charge in [-0.15, -0.1) is 0 Å². The Bertz CT molecular complexity index is 310. The van der Waals surface area contributed by atoms with Crippen molar-refractivity contribution in [2.24, 2.45) is 0 Å². The van der Waals surface area contributed by atoms with Crippen molar-refractivity contribution in [2.75, 3.05) is 19.6 Å². The second kappa shape index (κ2) is 3.75. The van der Waals surface area contributed by atoms with Crippen molar-refractivity contribution < 1.29 is 4.79 Å². The Morgan fingerprint density at radius 2 is 2.57 bits per heavy atom. The van der Waals surface area contributed by atoms with Crippen molar-refractivity contribution in [3.63, 3.8) is 0 Å². The lowest BCUT2D eigenvalue weighted by atomic mass is 10.2. The van der Waals surface area contributed by atoms with Crippen molar-refractivity contribution in [1.82, 2.24) is 25.6 Å². The van der Waals surface area contributed by atoms with Crippen molar-refractivity contribution in [3.8, 4) is 0 Å². The number of piperazine rings is 1. The van der Waals surface area contributed by atoms with Crippen LogP contribution in [-0.2, 0) is 0 Å². The minimum absolute atomic E-state index is 0.0490. The van der Waals surface area contributed by atoms with E-state index in [0.717, 1.165) is 19.6 Å². The summed E-state index contributed by atoms with van der Waals surface area (Å²) in [7, 11) is 0. The Balaban J connectivity index is 2.04. The quantitative estimate of drug-likeness (QED) is 0.617. The summed E-state index contributed by atoms with van der Waals surface area (Å²) >= 11 is 0. The molecule has 6 nitrogen and oxygen atoms in total. The normalized spacial score (nSPS) is 22.4. The van der Waals surface area contributed by atoms with Gasteiger partial charge in [-0.1, -0.05) is 0 Å². The maximum Gasteiger partial charge on any atom is 0.276 e. The first-order valence-corrected chi connectivity index (χ1v) is 4.66. The number of aromatic amines is 1. The summed E-state index contributed by atoms with van der Waals surface area (Å²) in [4.78, 5) is 13.6. The Hall–Kier alpha value is -1.43. The summed E-state index contributed by atoms with van der Waals surface area (Å²) < 4.78 is 0. The van der Waals surface area contributed by atoms with Crippen LogP contribution in [0.4, 0.5) is 0 Å². The molecule has 1 aliphatic heterocycles. The Morgan fingerprint density at radius 3 is 3.21 bits per heavy atom. The number of hydrogen-bond acceptors (Lipinski definition) is 4. The van der Waals surface area contributed by atoms with Gasteiger partial charge in [0.15, 0.2) is 5.69 Å². The molecule has 6 heteroatoms. The molecule has 76 valence electrons. The summed E-state index contributed by atoms with van der Waals surface area (Å²) in [6, 6.07) is 0.347. The number of carbonyl (C=O) groups excluding carboxylic acids is 1. The zero-order valence-corrected chi connectivity index (χ0v) is 8.03. The van der Waals surface area contributed by atoms with Gasteiger partial charge in [0.2, 0.25) is 0 Å². The molecule has 1 aliphatic rings. The molecular formula is C8H13N5O. The molecule has 1 saturated heterocycles. The zero-order valence-electron chi connectivity index (χ0n) is 8.03. The average molecular weight is 195 g/mol. The molecule has 1 unspecified atom stereocenters. The summed E-state index contributed by atoms with van der Waals surface area (Å²) in [5, 5.41) is 13.1. The van der Waals surface area contributed by atoms with E-state index in [1.54, 1.807) is 4.90 Å². The predicted octanol–water partition coefficient (Wildman–Crippen LogP) is -0.761. The molecule has 0 aromatic carbocycles. The van der Waals surface area contributed by atoms with E-state index in [0.29, 0.717) is 11.7 Å². The number of carbonyl (C=O) groups is 1. The van der Waals surface area contributed by atoms with Gasteiger partial charge in [0.25, 0.3) is 5.91 Å². The van der Waals surface area contributed by atoms with Gasteiger partial charge in [0.1, 0.15) is 0 Å². The molecule has 0 spiro atoms. The first-order chi connectivity index (χ1) is 6.77. The lowest BCUT2D eigenvalue weighted by Gasteiger charge is -2.31. The van der Waals surface area contributed by atoms with Gasteiger partial charge in [-0.3, -0.25) is 4.79 Å². The molecule has 1 amide bonds. The highest BCUT2D eigenvalue weighted by molar-refractivity contribution is 5.91. The van der Waals surface area contributed by atoms with Crippen LogP contribution in [0.15, 0.2) is 6.20 Å². The number of H-pyrrole nitrogens is 1. The highest BCUT2D eigenvalue weighted by Gasteiger charge is 2.22. The number of aromatic nitrogens is 3. The van der Waals surface area contributed by atoms with Crippen LogP contribution in [0, 0.1) is 0 Å². The van der Waals surface area contributed by atoms with E-state index in [4.69, 9.17) is 0 Å². The van der Waals surface area contributed by atoms with Crippen LogP contribution in [0.3, 0.4) is 0 Å². The lowest BCUT2D eigenvalue weighted by molar-refractivity contribution is 0.0703. The monoisotopic (exact) mass is 195 g/mol. The fourth-order valence-corrected chi connectivity index (χ4v) is 1.58. The SMILES string of the molecule is CC1CN(C(=O)c2cn[nH]n2)CCN1. The largest absolute Gasteiger partial charge is 0.334 e. The van der Waals surface area contributed by atoms with E-state index < -0.39 is 0 Å². The van der Waals surface area contributed by atoms with Gasteiger partial charge in [-0.05, 0) is 6.92 Å². The lowest BCUT2D eigenvalue weighted by Crippen LogP contribution is -2.51. The molecule has 0 saturated carbocycles. The first kappa shape index (κ1) is 9.14. The van der Waals surface area contributed by atoms with E-state index in [-0.39, 0.29) is 5.91 Å². The molecule has 0 radical (unpaired) electrons. The zero-order chi connectivity index (χ0) is 9.97. The van der Waals surface area contributed by atoms with Gasteiger partial charge < -0.3 is 10.2 Å². The summed E-state index contributed by atoms with van der Waals surface area (Å²) in [5.74, 6) is -0.0490. The molecule has 2 N–H and O–H groups in total. The molecule has 1 fully saturated rings. The molecule has 2 heterocycles. The second-order valence-corrected chi connectivity index (χ2v) is 3.46. The molecule has 14 heavy (non-hydrogen) atoms. The number of nitrogens with one attached hydrogen (secondary N) is 2. The van der Waals surface area contributed by atoms with Crippen LogP contribution in [0.5, 0.6) is 0 Å². The number of rotatable bonds is 1. The predicted molar refractivity (Wildman–Crippen MR) is 49.8 cm³/mol. The number of nitrogens with zero attached hydrogens (tertiary/aromatic N) is 3. The Kier molecular flexibility index (Phi) is 2.45. The molecule has 0 aliphatic carbocycles. The molecular weight excluding hydrogens is 182 g/mol. The van der Waals surface area contributed by atoms with Crippen molar-refractivity contribution in [1.29, 1.82) is 0 Å². The fraction of sp³-hybridized carbons (Fsp3) is 0.625. The van der Waals surface area contributed by atoms with Crippen LogP contribution >= 0.6 is 0 Å². The maximum atomic E-state index is 11.8. The minimum Gasteiger partial charge on any atom is -0.334 e. The van der Waals surface area contributed by atoms with E-state index in [1.807, 2.05) is 0 Å². The van der Waals surface area contributed by atoms with E-state index in [9.17, 15) is 4.79 Å². The molecule has 0 bridgehead atoms. The van der Waals surface area contributed by atoms with Gasteiger partial charge in [0, 0.05) is 25.7 Å². The fourth-order valence-electron chi connectivity index (χ4n) is 1.58. The Labute approximate surface area is 81.7 Å². The van der Waals surface area contributed by atoms with Gasteiger partial charge >= 0.3 is 0 Å².